The average molecular weight is 181 g/mol. The van der Waals surface area contributed by atoms with Gasteiger partial charge in [0.2, 0.25) is 0 Å². The maximum Gasteiger partial charge on any atom is 0.0742 e. The van der Waals surface area contributed by atoms with Crippen molar-refractivity contribution in [2.45, 2.75) is 51.4 Å². The Balaban J connectivity index is 2.24. The molecule has 1 rings (SSSR count). The van der Waals surface area contributed by atoms with Crippen LogP contribution in [0.1, 0.15) is 33.6 Å². The SMILES string of the molecule is C#CC(C)(C)NCC1CCC(C)O1. The van der Waals surface area contributed by atoms with Crippen LogP contribution in [0.15, 0.2) is 0 Å². The van der Waals surface area contributed by atoms with Gasteiger partial charge in [-0.05, 0) is 33.6 Å². The van der Waals surface area contributed by atoms with E-state index < -0.39 is 0 Å². The zero-order valence-electron chi connectivity index (χ0n) is 8.76. The number of ether oxygens (including phenoxy) is 1. The number of rotatable bonds is 3. The Hall–Kier alpha value is -0.520. The van der Waals surface area contributed by atoms with Gasteiger partial charge in [-0.1, -0.05) is 5.92 Å². The summed E-state index contributed by atoms with van der Waals surface area (Å²) in [4.78, 5) is 0. The van der Waals surface area contributed by atoms with Crippen molar-refractivity contribution in [2.75, 3.05) is 6.54 Å². The lowest BCUT2D eigenvalue weighted by atomic mass is 10.1. The fourth-order valence-corrected chi connectivity index (χ4v) is 1.46. The lowest BCUT2D eigenvalue weighted by Gasteiger charge is -2.22. The van der Waals surface area contributed by atoms with Crippen LogP contribution in [0.2, 0.25) is 0 Å². The van der Waals surface area contributed by atoms with Gasteiger partial charge < -0.3 is 4.74 Å². The molecule has 0 aromatic heterocycles. The fourth-order valence-electron chi connectivity index (χ4n) is 1.46. The molecule has 2 heteroatoms. The molecule has 1 heterocycles. The van der Waals surface area contributed by atoms with E-state index in [2.05, 4.69) is 18.2 Å². The van der Waals surface area contributed by atoms with E-state index >= 15 is 0 Å². The summed E-state index contributed by atoms with van der Waals surface area (Å²) in [6, 6.07) is 0. The van der Waals surface area contributed by atoms with Crippen LogP contribution in [0.25, 0.3) is 0 Å². The highest BCUT2D eigenvalue weighted by atomic mass is 16.5. The topological polar surface area (TPSA) is 21.3 Å². The molecule has 13 heavy (non-hydrogen) atoms. The molecule has 0 aromatic carbocycles. The Morgan fingerprint density at radius 2 is 2.23 bits per heavy atom. The standard InChI is InChI=1S/C11H19NO/c1-5-11(3,4)12-8-10-7-6-9(2)13-10/h1,9-10,12H,6-8H2,2-4H3. The summed E-state index contributed by atoms with van der Waals surface area (Å²) >= 11 is 0. The molecule has 74 valence electrons. The first-order valence-electron chi connectivity index (χ1n) is 4.92. The molecule has 0 saturated carbocycles. The molecule has 1 fully saturated rings. The molecule has 2 unspecified atom stereocenters. The number of nitrogens with one attached hydrogen (secondary N) is 1. The molecule has 1 aliphatic rings. The molecule has 2 nitrogen and oxygen atoms in total. The van der Waals surface area contributed by atoms with Gasteiger partial charge in [0.25, 0.3) is 0 Å². The molecule has 0 aliphatic carbocycles. The van der Waals surface area contributed by atoms with Crippen LogP contribution >= 0.6 is 0 Å². The molecule has 0 radical (unpaired) electrons. The first-order chi connectivity index (χ1) is 6.03. The van der Waals surface area contributed by atoms with E-state index in [9.17, 15) is 0 Å². The molecular weight excluding hydrogens is 162 g/mol. The predicted molar refractivity (Wildman–Crippen MR) is 54.5 cm³/mol. The number of hydrogen-bond acceptors (Lipinski definition) is 2. The fraction of sp³-hybridized carbons (Fsp3) is 0.818. The minimum absolute atomic E-state index is 0.213. The van der Waals surface area contributed by atoms with Crippen molar-refractivity contribution in [2.24, 2.45) is 0 Å². The van der Waals surface area contributed by atoms with Crippen molar-refractivity contribution in [3.05, 3.63) is 0 Å². The molecule has 2 atom stereocenters. The second-order valence-electron chi connectivity index (χ2n) is 4.30. The van der Waals surface area contributed by atoms with Gasteiger partial charge in [-0.3, -0.25) is 5.32 Å². The van der Waals surface area contributed by atoms with Crippen LogP contribution in [0.5, 0.6) is 0 Å². The highest BCUT2D eigenvalue weighted by molar-refractivity contribution is 5.07. The Morgan fingerprint density at radius 1 is 1.54 bits per heavy atom. The Bertz CT molecular complexity index is 205. The lowest BCUT2D eigenvalue weighted by Crippen LogP contribution is -2.42. The summed E-state index contributed by atoms with van der Waals surface area (Å²) in [6.45, 7) is 6.99. The Morgan fingerprint density at radius 3 is 2.69 bits per heavy atom. The largest absolute Gasteiger partial charge is 0.374 e. The number of hydrogen-bond donors (Lipinski definition) is 1. The van der Waals surface area contributed by atoms with Crippen molar-refractivity contribution in [1.29, 1.82) is 0 Å². The number of terminal acetylenes is 1. The first kappa shape index (κ1) is 10.6. The quantitative estimate of drug-likeness (QED) is 0.667. The summed E-state index contributed by atoms with van der Waals surface area (Å²) in [5.41, 5.74) is -0.213. The van der Waals surface area contributed by atoms with Crippen LogP contribution in [0, 0.1) is 12.3 Å². The van der Waals surface area contributed by atoms with E-state index in [0.29, 0.717) is 12.2 Å². The highest BCUT2D eigenvalue weighted by Crippen LogP contribution is 2.18. The third kappa shape index (κ3) is 3.38. The predicted octanol–water partition coefficient (Wildman–Crippen LogP) is 1.56. The van der Waals surface area contributed by atoms with Gasteiger partial charge in [0, 0.05) is 6.54 Å². The van der Waals surface area contributed by atoms with E-state index in [-0.39, 0.29) is 5.54 Å². The van der Waals surface area contributed by atoms with Crippen molar-refractivity contribution >= 4 is 0 Å². The summed E-state index contributed by atoms with van der Waals surface area (Å²) in [6.07, 6.45) is 8.45. The minimum atomic E-state index is -0.213. The molecule has 0 aromatic rings. The van der Waals surface area contributed by atoms with Crippen LogP contribution in [0.4, 0.5) is 0 Å². The first-order valence-corrected chi connectivity index (χ1v) is 4.92. The molecule has 0 bridgehead atoms. The van der Waals surface area contributed by atoms with Crippen LogP contribution in [-0.2, 0) is 4.74 Å². The van der Waals surface area contributed by atoms with Gasteiger partial charge in [-0.2, -0.15) is 0 Å². The summed E-state index contributed by atoms with van der Waals surface area (Å²) in [5.74, 6) is 2.71. The van der Waals surface area contributed by atoms with Crippen molar-refractivity contribution in [3.8, 4) is 12.3 Å². The van der Waals surface area contributed by atoms with Gasteiger partial charge in [0.15, 0.2) is 0 Å². The molecule has 1 N–H and O–H groups in total. The molecule has 1 aliphatic heterocycles. The molecular formula is C11H19NO. The van der Waals surface area contributed by atoms with E-state index in [1.165, 1.54) is 6.42 Å². The Kier molecular flexibility index (Phi) is 3.35. The molecule has 1 saturated heterocycles. The van der Waals surface area contributed by atoms with E-state index in [1.54, 1.807) is 0 Å². The van der Waals surface area contributed by atoms with Crippen molar-refractivity contribution in [3.63, 3.8) is 0 Å². The maximum atomic E-state index is 5.67. The van der Waals surface area contributed by atoms with E-state index in [1.807, 2.05) is 13.8 Å². The third-order valence-electron chi connectivity index (χ3n) is 2.45. The average Bonchev–Trinajstić information content (AvgIpc) is 2.48. The van der Waals surface area contributed by atoms with Crippen LogP contribution in [0.3, 0.4) is 0 Å². The maximum absolute atomic E-state index is 5.67. The second-order valence-corrected chi connectivity index (χ2v) is 4.30. The van der Waals surface area contributed by atoms with E-state index in [0.717, 1.165) is 13.0 Å². The van der Waals surface area contributed by atoms with Gasteiger partial charge in [-0.15, -0.1) is 6.42 Å². The Labute approximate surface area is 81.0 Å². The van der Waals surface area contributed by atoms with Gasteiger partial charge in [0.05, 0.1) is 17.7 Å². The smallest absolute Gasteiger partial charge is 0.0742 e. The second kappa shape index (κ2) is 4.13. The lowest BCUT2D eigenvalue weighted by molar-refractivity contribution is 0.0535. The van der Waals surface area contributed by atoms with Gasteiger partial charge in [0.1, 0.15) is 0 Å². The van der Waals surface area contributed by atoms with Gasteiger partial charge in [-0.25, -0.2) is 0 Å². The zero-order valence-corrected chi connectivity index (χ0v) is 8.76. The molecule has 0 amide bonds. The summed E-state index contributed by atoms with van der Waals surface area (Å²) < 4.78 is 5.67. The minimum Gasteiger partial charge on any atom is -0.374 e. The van der Waals surface area contributed by atoms with Crippen LogP contribution < -0.4 is 5.32 Å². The summed E-state index contributed by atoms with van der Waals surface area (Å²) in [5, 5.41) is 3.31. The zero-order chi connectivity index (χ0) is 9.90. The normalized spacial score (nSPS) is 28.8. The monoisotopic (exact) mass is 181 g/mol. The third-order valence-corrected chi connectivity index (χ3v) is 2.45. The van der Waals surface area contributed by atoms with Crippen LogP contribution in [-0.4, -0.2) is 24.3 Å². The van der Waals surface area contributed by atoms with Crippen molar-refractivity contribution in [1.82, 2.24) is 5.32 Å². The van der Waals surface area contributed by atoms with Crippen molar-refractivity contribution < 1.29 is 4.74 Å². The van der Waals surface area contributed by atoms with E-state index in [4.69, 9.17) is 11.2 Å². The highest BCUT2D eigenvalue weighted by Gasteiger charge is 2.23. The summed E-state index contributed by atoms with van der Waals surface area (Å²) in [7, 11) is 0. The molecule has 0 spiro atoms. The van der Waals surface area contributed by atoms with Gasteiger partial charge >= 0.3 is 0 Å².